The van der Waals surface area contributed by atoms with Gasteiger partial charge in [0.2, 0.25) is 0 Å². The van der Waals surface area contributed by atoms with Crippen molar-refractivity contribution in [3.05, 3.63) is 46.4 Å². The van der Waals surface area contributed by atoms with Crippen LogP contribution in [0, 0.1) is 15.9 Å². The first-order valence-corrected chi connectivity index (χ1v) is 6.97. The Bertz CT molecular complexity index is 721. The topological polar surface area (TPSA) is 97.3 Å². The maximum Gasteiger partial charge on any atom is 0.318 e. The van der Waals surface area contributed by atoms with Gasteiger partial charge in [0.25, 0.3) is 0 Å². The van der Waals surface area contributed by atoms with E-state index in [1.165, 1.54) is 24.4 Å². The number of likely N-dealkylation sites (N-methyl/N-ethyl adjacent to an activating group) is 1. The Balaban J connectivity index is 2.39. The molecule has 0 aliphatic heterocycles. The van der Waals surface area contributed by atoms with E-state index in [0.717, 1.165) is 6.54 Å². The van der Waals surface area contributed by atoms with Gasteiger partial charge in [0.1, 0.15) is 11.5 Å². The van der Waals surface area contributed by atoms with E-state index in [1.54, 1.807) is 6.07 Å². The highest BCUT2D eigenvalue weighted by molar-refractivity contribution is 5.79. The molecule has 8 heteroatoms. The van der Waals surface area contributed by atoms with Crippen molar-refractivity contribution in [3.8, 4) is 11.3 Å². The lowest BCUT2D eigenvalue weighted by Gasteiger charge is -2.12. The zero-order valence-corrected chi connectivity index (χ0v) is 12.9. The minimum atomic E-state index is -0.609. The van der Waals surface area contributed by atoms with Gasteiger partial charge < -0.3 is 16.0 Å². The Morgan fingerprint density at radius 2 is 2.13 bits per heavy atom. The van der Waals surface area contributed by atoms with Crippen molar-refractivity contribution in [2.45, 2.75) is 0 Å². The van der Waals surface area contributed by atoms with Crippen molar-refractivity contribution in [1.29, 1.82) is 0 Å². The molecule has 23 heavy (non-hydrogen) atoms. The fraction of sp³-hybridized carbons (Fsp3) is 0.267. The predicted octanol–water partition coefficient (Wildman–Crippen LogP) is 2.35. The van der Waals surface area contributed by atoms with Crippen molar-refractivity contribution in [1.82, 2.24) is 9.88 Å². The summed E-state index contributed by atoms with van der Waals surface area (Å²) >= 11 is 0. The van der Waals surface area contributed by atoms with Crippen LogP contribution >= 0.6 is 0 Å². The van der Waals surface area contributed by atoms with Gasteiger partial charge in [0.05, 0.1) is 4.92 Å². The molecule has 3 N–H and O–H groups in total. The fourth-order valence-corrected chi connectivity index (χ4v) is 2.12. The van der Waals surface area contributed by atoms with E-state index in [9.17, 15) is 14.5 Å². The Labute approximate surface area is 133 Å². The number of pyridine rings is 1. The van der Waals surface area contributed by atoms with E-state index < -0.39 is 10.7 Å². The van der Waals surface area contributed by atoms with E-state index in [2.05, 4.69) is 10.3 Å². The second-order valence-electron chi connectivity index (χ2n) is 5.31. The first kappa shape index (κ1) is 16.6. The number of nitrogens with zero attached hydrogens (tertiary/aromatic N) is 3. The van der Waals surface area contributed by atoms with Crippen LogP contribution in [0.3, 0.4) is 0 Å². The number of nitrogens with one attached hydrogen (secondary N) is 1. The Morgan fingerprint density at radius 1 is 1.39 bits per heavy atom. The third-order valence-electron chi connectivity index (χ3n) is 3.20. The summed E-state index contributed by atoms with van der Waals surface area (Å²) in [4.78, 5) is 16.6. The van der Waals surface area contributed by atoms with Crippen LogP contribution in [0.2, 0.25) is 0 Å². The molecule has 0 unspecified atom stereocenters. The van der Waals surface area contributed by atoms with Gasteiger partial charge in [-0.05, 0) is 38.4 Å². The number of halogens is 1. The lowest BCUT2D eigenvalue weighted by molar-refractivity contribution is -0.383. The highest BCUT2D eigenvalue weighted by Gasteiger charge is 2.21. The molecule has 1 heterocycles. The largest absolute Gasteiger partial charge is 0.393 e. The molecule has 0 spiro atoms. The van der Waals surface area contributed by atoms with Gasteiger partial charge in [-0.2, -0.15) is 0 Å². The average molecular weight is 319 g/mol. The SMILES string of the molecule is CN(C)CCNc1cc(F)cc(-c2nccc(N)c2[N+](=O)[O-])c1. The number of nitro groups is 1. The van der Waals surface area contributed by atoms with Gasteiger partial charge in [0.15, 0.2) is 5.69 Å². The summed E-state index contributed by atoms with van der Waals surface area (Å²) < 4.78 is 13.9. The molecule has 7 nitrogen and oxygen atoms in total. The lowest BCUT2D eigenvalue weighted by atomic mass is 10.1. The van der Waals surface area contributed by atoms with Crippen LogP contribution in [-0.2, 0) is 0 Å². The molecule has 0 aliphatic carbocycles. The van der Waals surface area contributed by atoms with Crippen LogP contribution < -0.4 is 11.1 Å². The number of hydrogen-bond acceptors (Lipinski definition) is 6. The van der Waals surface area contributed by atoms with Crippen LogP contribution in [0.25, 0.3) is 11.3 Å². The number of rotatable bonds is 6. The maximum absolute atomic E-state index is 13.9. The Hall–Kier alpha value is -2.74. The second kappa shape index (κ2) is 7.01. The molecule has 0 saturated heterocycles. The average Bonchev–Trinajstić information content (AvgIpc) is 2.45. The molecule has 2 rings (SSSR count). The van der Waals surface area contributed by atoms with Gasteiger partial charge >= 0.3 is 5.69 Å². The molecule has 2 aromatic rings. The second-order valence-corrected chi connectivity index (χ2v) is 5.31. The van der Waals surface area contributed by atoms with E-state index in [4.69, 9.17) is 5.73 Å². The molecule has 0 amide bonds. The van der Waals surface area contributed by atoms with Crippen LogP contribution in [0.4, 0.5) is 21.5 Å². The van der Waals surface area contributed by atoms with Crippen molar-refractivity contribution in [2.24, 2.45) is 0 Å². The summed E-state index contributed by atoms with van der Waals surface area (Å²) in [5.41, 5.74) is 6.20. The highest BCUT2D eigenvalue weighted by Crippen LogP contribution is 2.33. The van der Waals surface area contributed by atoms with Crippen molar-refractivity contribution >= 4 is 17.1 Å². The molecular weight excluding hydrogens is 301 g/mol. The Morgan fingerprint density at radius 3 is 2.78 bits per heavy atom. The number of nitrogen functional groups attached to an aromatic ring is 1. The van der Waals surface area contributed by atoms with E-state index in [1.807, 2.05) is 19.0 Å². The van der Waals surface area contributed by atoms with Gasteiger partial charge in [-0.3, -0.25) is 10.1 Å². The summed E-state index contributed by atoms with van der Waals surface area (Å²) in [5, 5.41) is 14.3. The quantitative estimate of drug-likeness (QED) is 0.626. The first-order chi connectivity index (χ1) is 10.9. The number of aromatic nitrogens is 1. The van der Waals surface area contributed by atoms with E-state index >= 15 is 0 Å². The van der Waals surface area contributed by atoms with Crippen LogP contribution in [-0.4, -0.2) is 42.0 Å². The summed E-state index contributed by atoms with van der Waals surface area (Å²) in [5.74, 6) is -0.506. The zero-order chi connectivity index (χ0) is 17.0. The van der Waals surface area contributed by atoms with Crippen molar-refractivity contribution in [2.75, 3.05) is 38.2 Å². The first-order valence-electron chi connectivity index (χ1n) is 6.97. The van der Waals surface area contributed by atoms with Gasteiger partial charge in [-0.25, -0.2) is 9.37 Å². The fourth-order valence-electron chi connectivity index (χ4n) is 2.12. The summed E-state index contributed by atoms with van der Waals surface area (Å²) in [6.07, 6.45) is 1.36. The third-order valence-corrected chi connectivity index (χ3v) is 3.20. The van der Waals surface area contributed by atoms with Crippen LogP contribution in [0.15, 0.2) is 30.5 Å². The van der Waals surface area contributed by atoms with Crippen LogP contribution in [0.5, 0.6) is 0 Å². The number of benzene rings is 1. The van der Waals surface area contributed by atoms with Gasteiger partial charge in [-0.1, -0.05) is 0 Å². The monoisotopic (exact) mass is 319 g/mol. The molecule has 0 bridgehead atoms. The summed E-state index contributed by atoms with van der Waals surface area (Å²) in [6, 6.07) is 5.49. The maximum atomic E-state index is 13.9. The van der Waals surface area contributed by atoms with Gasteiger partial charge in [-0.15, -0.1) is 0 Å². The Kier molecular flexibility index (Phi) is 5.07. The lowest BCUT2D eigenvalue weighted by Crippen LogP contribution is -2.20. The zero-order valence-electron chi connectivity index (χ0n) is 12.9. The van der Waals surface area contributed by atoms with E-state index in [-0.39, 0.29) is 17.1 Å². The van der Waals surface area contributed by atoms with Crippen LogP contribution in [0.1, 0.15) is 0 Å². The summed E-state index contributed by atoms with van der Waals surface area (Å²) in [7, 11) is 3.86. The smallest absolute Gasteiger partial charge is 0.318 e. The van der Waals surface area contributed by atoms with Crippen molar-refractivity contribution < 1.29 is 9.31 Å². The molecule has 1 aromatic carbocycles. The number of hydrogen-bond donors (Lipinski definition) is 2. The third kappa shape index (κ3) is 4.13. The van der Waals surface area contributed by atoms with Gasteiger partial charge in [0, 0.05) is 30.5 Å². The molecule has 0 atom stereocenters. The molecule has 0 saturated carbocycles. The highest BCUT2D eigenvalue weighted by atomic mass is 19.1. The predicted molar refractivity (Wildman–Crippen MR) is 87.7 cm³/mol. The standard InChI is InChI=1S/C15H18FN5O2/c1-20(2)6-5-18-12-8-10(7-11(16)9-12)14-15(21(22)23)13(17)3-4-19-14/h3-4,7-9,18H,5-6H2,1-2H3,(H2,17,19). The molecule has 0 fully saturated rings. The summed E-state index contributed by atoms with van der Waals surface area (Å²) in [6.45, 7) is 1.38. The molecule has 0 radical (unpaired) electrons. The van der Waals surface area contributed by atoms with E-state index in [0.29, 0.717) is 17.8 Å². The molecule has 1 aromatic heterocycles. The minimum Gasteiger partial charge on any atom is -0.393 e. The number of anilines is 2. The molecular formula is C15H18FN5O2. The molecule has 122 valence electrons. The number of nitrogens with two attached hydrogens (primary N) is 1. The minimum absolute atomic E-state index is 0.00798. The van der Waals surface area contributed by atoms with Crippen molar-refractivity contribution in [3.63, 3.8) is 0 Å². The normalized spacial score (nSPS) is 10.8. The molecule has 0 aliphatic rings.